The van der Waals surface area contributed by atoms with E-state index in [0.29, 0.717) is 30.3 Å². The molecule has 1 aliphatic rings. The van der Waals surface area contributed by atoms with Gasteiger partial charge in [0.15, 0.2) is 0 Å². The smallest absolute Gasteiger partial charge is 0.220 e. The van der Waals surface area contributed by atoms with Crippen molar-refractivity contribution in [1.29, 1.82) is 0 Å². The zero-order valence-electron chi connectivity index (χ0n) is 17.9. The largest absolute Gasteiger partial charge is 0.404 e. The first-order valence-corrected chi connectivity index (χ1v) is 10.7. The highest BCUT2D eigenvalue weighted by atomic mass is 16.1. The van der Waals surface area contributed by atoms with Gasteiger partial charge in [-0.2, -0.15) is 10.2 Å². The molecule has 1 aliphatic heterocycles. The molecule has 1 fully saturated rings. The minimum Gasteiger partial charge on any atom is -0.404 e. The van der Waals surface area contributed by atoms with Gasteiger partial charge >= 0.3 is 0 Å². The molecule has 4 heterocycles. The van der Waals surface area contributed by atoms with Gasteiger partial charge in [0, 0.05) is 42.2 Å². The summed E-state index contributed by atoms with van der Waals surface area (Å²) in [6.07, 6.45) is 14.1. The lowest BCUT2D eigenvalue weighted by molar-refractivity contribution is -0.119. The predicted molar refractivity (Wildman–Crippen MR) is 121 cm³/mol. The van der Waals surface area contributed by atoms with Crippen LogP contribution in [0.25, 0.3) is 22.3 Å². The Hall–Kier alpha value is -3.49. The van der Waals surface area contributed by atoms with E-state index in [1.807, 2.05) is 29.3 Å². The van der Waals surface area contributed by atoms with E-state index in [4.69, 9.17) is 10.7 Å². The molecule has 1 atom stereocenters. The molecule has 3 N–H and O–H groups in total. The van der Waals surface area contributed by atoms with Gasteiger partial charge in [0.05, 0.1) is 48.1 Å². The first-order valence-electron chi connectivity index (χ1n) is 10.7. The third-order valence-electron chi connectivity index (χ3n) is 5.70. The Morgan fingerprint density at radius 3 is 2.90 bits per heavy atom. The number of aliphatic imine (C=N–C) groups is 1. The van der Waals surface area contributed by atoms with Crippen LogP contribution < -0.4 is 11.1 Å². The van der Waals surface area contributed by atoms with Gasteiger partial charge in [0.1, 0.15) is 0 Å². The molecule has 3 aromatic rings. The molecule has 4 rings (SSSR count). The summed E-state index contributed by atoms with van der Waals surface area (Å²) in [7, 11) is 0. The molecular weight excluding hydrogens is 392 g/mol. The summed E-state index contributed by atoms with van der Waals surface area (Å²) < 4.78 is 3.80. The Kier molecular flexibility index (Phi) is 6.11. The van der Waals surface area contributed by atoms with Crippen LogP contribution in [0, 0.1) is 0 Å². The van der Waals surface area contributed by atoms with E-state index in [1.54, 1.807) is 16.9 Å². The van der Waals surface area contributed by atoms with Crippen molar-refractivity contribution >= 4 is 23.2 Å². The molecule has 1 amide bonds. The molecule has 9 nitrogen and oxygen atoms in total. The number of nitrogens with zero attached hydrogens (tertiary/aromatic N) is 6. The summed E-state index contributed by atoms with van der Waals surface area (Å²) in [5, 5.41) is 11.9. The number of carbonyl (C=O) groups is 1. The number of aromatic nitrogens is 5. The molecule has 9 heteroatoms. The number of nitrogens with one attached hydrogen (secondary N) is 1. The second-order valence-electron chi connectivity index (χ2n) is 7.73. The molecule has 162 valence electrons. The fraction of sp³-hybridized carbons (Fsp3) is 0.409. The molecule has 0 aliphatic carbocycles. The van der Waals surface area contributed by atoms with E-state index in [1.165, 1.54) is 6.20 Å². The number of rotatable bonds is 8. The van der Waals surface area contributed by atoms with Crippen molar-refractivity contribution < 1.29 is 4.79 Å². The average molecular weight is 421 g/mol. The maximum Gasteiger partial charge on any atom is 0.220 e. The summed E-state index contributed by atoms with van der Waals surface area (Å²) in [5.74, 6) is 0.0826. The standard InChI is InChI=1S/C22H28N8O/c1-3-18(4-2)29-13-16(11-26-29)22-20-7-8-25-30(20)14-19(28-22)15(9-23)10-24-12-17-5-6-21(31)27-17/h7-11,13-14,17-18H,3-6,12,23H2,1-2H3,(H,27,31). The Morgan fingerprint density at radius 1 is 1.35 bits per heavy atom. The molecule has 0 spiro atoms. The van der Waals surface area contributed by atoms with Crippen LogP contribution in [0.4, 0.5) is 0 Å². The van der Waals surface area contributed by atoms with Crippen molar-refractivity contribution in [2.75, 3.05) is 6.54 Å². The minimum absolute atomic E-state index is 0.0795. The van der Waals surface area contributed by atoms with Crippen LogP contribution in [0.1, 0.15) is 51.3 Å². The second kappa shape index (κ2) is 9.11. The minimum atomic E-state index is 0.0795. The lowest BCUT2D eigenvalue weighted by Crippen LogP contribution is -2.27. The fourth-order valence-electron chi connectivity index (χ4n) is 3.89. The highest BCUT2D eigenvalue weighted by molar-refractivity contribution is 6.09. The zero-order chi connectivity index (χ0) is 21.8. The van der Waals surface area contributed by atoms with Crippen LogP contribution >= 0.6 is 0 Å². The van der Waals surface area contributed by atoms with E-state index in [9.17, 15) is 4.79 Å². The molecule has 1 saturated heterocycles. The maximum atomic E-state index is 11.4. The second-order valence-corrected chi connectivity index (χ2v) is 7.73. The number of allylic oxidation sites excluding steroid dienone is 1. The first kappa shape index (κ1) is 20.8. The fourth-order valence-corrected chi connectivity index (χ4v) is 3.89. The number of fused-ring (bicyclic) bond motifs is 1. The molecule has 1 unspecified atom stereocenters. The third-order valence-corrected chi connectivity index (χ3v) is 5.70. The summed E-state index contributed by atoms with van der Waals surface area (Å²) >= 11 is 0. The van der Waals surface area contributed by atoms with E-state index >= 15 is 0 Å². The molecular formula is C22H28N8O. The van der Waals surface area contributed by atoms with Gasteiger partial charge in [-0.3, -0.25) is 14.5 Å². The summed E-state index contributed by atoms with van der Waals surface area (Å²) in [5.41, 5.74) is 9.88. The molecule has 3 aromatic heterocycles. The lowest BCUT2D eigenvalue weighted by Gasteiger charge is -2.12. The van der Waals surface area contributed by atoms with Crippen LogP contribution in [0.15, 0.2) is 42.0 Å². The quantitative estimate of drug-likeness (QED) is 0.544. The van der Waals surface area contributed by atoms with E-state index in [2.05, 4.69) is 34.4 Å². The third kappa shape index (κ3) is 4.35. The normalized spacial score (nSPS) is 17.3. The van der Waals surface area contributed by atoms with Gasteiger partial charge in [-0.25, -0.2) is 9.50 Å². The Morgan fingerprint density at radius 2 is 2.19 bits per heavy atom. The highest BCUT2D eigenvalue weighted by Crippen LogP contribution is 2.26. The summed E-state index contributed by atoms with van der Waals surface area (Å²) in [6.45, 7) is 4.85. The SMILES string of the molecule is CCC(CC)n1cc(-c2nc(C(C=NCC3CCC(=O)N3)=CN)cn3nccc23)cn1. The van der Waals surface area contributed by atoms with Crippen molar-refractivity contribution in [3.63, 3.8) is 0 Å². The molecule has 0 radical (unpaired) electrons. The number of hydrogen-bond donors (Lipinski definition) is 2. The van der Waals surface area contributed by atoms with Crippen molar-refractivity contribution in [1.82, 2.24) is 29.7 Å². The van der Waals surface area contributed by atoms with Crippen LogP contribution in [-0.4, -0.2) is 49.1 Å². The molecule has 0 saturated carbocycles. The van der Waals surface area contributed by atoms with Crippen LogP contribution in [-0.2, 0) is 4.79 Å². The topological polar surface area (TPSA) is 115 Å². The highest BCUT2D eigenvalue weighted by Gasteiger charge is 2.20. The Bertz CT molecular complexity index is 1120. The predicted octanol–water partition coefficient (Wildman–Crippen LogP) is 2.60. The number of nitrogens with two attached hydrogens (primary N) is 1. The van der Waals surface area contributed by atoms with E-state index in [0.717, 1.165) is 36.0 Å². The zero-order valence-corrected chi connectivity index (χ0v) is 17.9. The Balaban J connectivity index is 1.64. The van der Waals surface area contributed by atoms with Gasteiger partial charge < -0.3 is 11.1 Å². The molecule has 0 aromatic carbocycles. The van der Waals surface area contributed by atoms with Crippen molar-refractivity contribution in [2.45, 2.75) is 51.6 Å². The number of carbonyl (C=O) groups excluding carboxylic acids is 1. The lowest BCUT2D eigenvalue weighted by atomic mass is 10.1. The molecule has 31 heavy (non-hydrogen) atoms. The Labute approximate surface area is 181 Å². The molecule has 0 bridgehead atoms. The summed E-state index contributed by atoms with van der Waals surface area (Å²) in [6, 6.07) is 2.37. The van der Waals surface area contributed by atoms with Gasteiger partial charge in [0.2, 0.25) is 5.91 Å². The van der Waals surface area contributed by atoms with Gasteiger partial charge in [-0.15, -0.1) is 0 Å². The van der Waals surface area contributed by atoms with Crippen molar-refractivity contribution in [3.8, 4) is 11.3 Å². The van der Waals surface area contributed by atoms with Crippen LogP contribution in [0.5, 0.6) is 0 Å². The van der Waals surface area contributed by atoms with E-state index < -0.39 is 0 Å². The monoisotopic (exact) mass is 420 g/mol. The van der Waals surface area contributed by atoms with Gasteiger partial charge in [-0.1, -0.05) is 13.8 Å². The van der Waals surface area contributed by atoms with Crippen LogP contribution in [0.3, 0.4) is 0 Å². The van der Waals surface area contributed by atoms with Crippen molar-refractivity contribution in [3.05, 3.63) is 42.7 Å². The van der Waals surface area contributed by atoms with Crippen LogP contribution in [0.2, 0.25) is 0 Å². The average Bonchev–Trinajstić information content (AvgIpc) is 3.52. The van der Waals surface area contributed by atoms with Crippen molar-refractivity contribution in [2.24, 2.45) is 10.7 Å². The van der Waals surface area contributed by atoms with Gasteiger partial charge in [-0.05, 0) is 25.3 Å². The maximum absolute atomic E-state index is 11.4. The summed E-state index contributed by atoms with van der Waals surface area (Å²) in [4.78, 5) is 20.7. The van der Waals surface area contributed by atoms with E-state index in [-0.39, 0.29) is 11.9 Å². The number of amides is 1. The van der Waals surface area contributed by atoms with Gasteiger partial charge in [0.25, 0.3) is 0 Å². The first-order chi connectivity index (χ1) is 15.1. The number of hydrogen-bond acceptors (Lipinski definition) is 6.